The van der Waals surface area contributed by atoms with Gasteiger partial charge in [0.05, 0.1) is 6.26 Å². The summed E-state index contributed by atoms with van der Waals surface area (Å²) in [5, 5.41) is 5.06. The van der Waals surface area contributed by atoms with Crippen molar-refractivity contribution in [2.45, 2.75) is 12.6 Å². The molecule has 0 aliphatic carbocycles. The van der Waals surface area contributed by atoms with Gasteiger partial charge in [-0.15, -0.1) is 0 Å². The largest absolute Gasteiger partial charge is 0.350 e. The molecule has 0 saturated carbocycles. The van der Waals surface area contributed by atoms with E-state index in [4.69, 9.17) is 0 Å². The van der Waals surface area contributed by atoms with Crippen molar-refractivity contribution in [3.63, 3.8) is 0 Å². The first-order valence-electron chi connectivity index (χ1n) is 8.60. The van der Waals surface area contributed by atoms with Gasteiger partial charge in [-0.05, 0) is 21.9 Å². The predicted octanol–water partition coefficient (Wildman–Crippen LogP) is 3.09. The zero-order valence-electron chi connectivity index (χ0n) is 15.3. The van der Waals surface area contributed by atoms with Crippen molar-refractivity contribution in [2.24, 2.45) is 0 Å². The van der Waals surface area contributed by atoms with Gasteiger partial charge in [0.2, 0.25) is 15.9 Å². The second kappa shape index (κ2) is 7.90. The molecule has 1 N–H and O–H groups in total. The number of likely N-dealkylation sites (N-methyl/N-ethyl adjacent to an activating group) is 1. The Hall–Kier alpha value is -2.70. The highest BCUT2D eigenvalue weighted by Gasteiger charge is 2.30. The standard InChI is InChI=1S/C21H22N2O3S/c1-23(27(2,25)26)20(17-10-4-3-5-11-17)21(24)22-15-18-13-8-12-16-9-6-7-14-19(16)18/h3-14,20H,15H2,1-2H3,(H,22,24)/t20-/m0/s1. The second-order valence-electron chi connectivity index (χ2n) is 6.45. The molecule has 27 heavy (non-hydrogen) atoms. The number of carbonyl (C=O) groups is 1. The van der Waals surface area contributed by atoms with Crippen LogP contribution >= 0.6 is 0 Å². The fourth-order valence-corrected chi connectivity index (χ4v) is 3.68. The lowest BCUT2D eigenvalue weighted by atomic mass is 10.0. The van der Waals surface area contributed by atoms with Crippen LogP contribution in [0, 0.1) is 0 Å². The zero-order chi connectivity index (χ0) is 19.4. The Labute approximate surface area is 159 Å². The van der Waals surface area contributed by atoms with E-state index in [2.05, 4.69) is 5.32 Å². The minimum absolute atomic E-state index is 0.321. The van der Waals surface area contributed by atoms with Crippen molar-refractivity contribution in [3.8, 4) is 0 Å². The highest BCUT2D eigenvalue weighted by molar-refractivity contribution is 7.88. The van der Waals surface area contributed by atoms with Gasteiger partial charge in [-0.3, -0.25) is 4.79 Å². The summed E-state index contributed by atoms with van der Waals surface area (Å²) < 4.78 is 25.2. The zero-order valence-corrected chi connectivity index (χ0v) is 16.1. The number of hydrogen-bond acceptors (Lipinski definition) is 3. The summed E-state index contributed by atoms with van der Waals surface area (Å²) in [7, 11) is -2.12. The van der Waals surface area contributed by atoms with Crippen LogP contribution in [0.5, 0.6) is 0 Å². The molecule has 0 spiro atoms. The van der Waals surface area contributed by atoms with E-state index in [1.165, 1.54) is 7.05 Å². The third-order valence-electron chi connectivity index (χ3n) is 4.58. The van der Waals surface area contributed by atoms with Gasteiger partial charge < -0.3 is 5.32 Å². The highest BCUT2D eigenvalue weighted by atomic mass is 32.2. The Bertz CT molecular complexity index is 1040. The van der Waals surface area contributed by atoms with Crippen LogP contribution in [0.1, 0.15) is 17.2 Å². The van der Waals surface area contributed by atoms with E-state index >= 15 is 0 Å². The number of nitrogens with one attached hydrogen (secondary N) is 1. The maximum atomic E-state index is 12.9. The number of fused-ring (bicyclic) bond motifs is 1. The van der Waals surface area contributed by atoms with E-state index in [-0.39, 0.29) is 5.91 Å². The van der Waals surface area contributed by atoms with E-state index in [1.807, 2.05) is 48.5 Å². The summed E-state index contributed by atoms with van der Waals surface area (Å²) >= 11 is 0. The Balaban J connectivity index is 1.86. The summed E-state index contributed by atoms with van der Waals surface area (Å²) in [5.41, 5.74) is 1.61. The Kier molecular flexibility index (Phi) is 5.58. The maximum Gasteiger partial charge on any atom is 0.243 e. The lowest BCUT2D eigenvalue weighted by molar-refractivity contribution is -0.124. The van der Waals surface area contributed by atoms with E-state index in [1.54, 1.807) is 24.3 Å². The van der Waals surface area contributed by atoms with E-state index in [0.29, 0.717) is 12.1 Å². The fraction of sp³-hybridized carbons (Fsp3) is 0.190. The lowest BCUT2D eigenvalue weighted by Crippen LogP contribution is -2.41. The smallest absolute Gasteiger partial charge is 0.243 e. The molecule has 0 aromatic heterocycles. The number of nitrogens with zero attached hydrogens (tertiary/aromatic N) is 1. The normalized spacial score (nSPS) is 12.9. The van der Waals surface area contributed by atoms with Gasteiger partial charge in [0, 0.05) is 13.6 Å². The van der Waals surface area contributed by atoms with Crippen molar-refractivity contribution in [1.29, 1.82) is 0 Å². The molecule has 1 atom stereocenters. The SMILES string of the molecule is CN([C@H](C(=O)NCc1cccc2ccccc12)c1ccccc1)S(C)(=O)=O. The molecule has 0 radical (unpaired) electrons. The minimum atomic E-state index is -3.54. The molecule has 0 aliphatic rings. The molecule has 0 saturated heterocycles. The molecule has 3 rings (SSSR count). The first-order chi connectivity index (χ1) is 12.9. The van der Waals surface area contributed by atoms with E-state index < -0.39 is 16.1 Å². The molecule has 0 unspecified atom stereocenters. The van der Waals surface area contributed by atoms with Gasteiger partial charge in [-0.2, -0.15) is 4.31 Å². The topological polar surface area (TPSA) is 66.5 Å². The predicted molar refractivity (Wildman–Crippen MR) is 108 cm³/mol. The van der Waals surface area contributed by atoms with Crippen molar-refractivity contribution in [1.82, 2.24) is 9.62 Å². The Morgan fingerprint density at radius 1 is 0.963 bits per heavy atom. The summed E-state index contributed by atoms with van der Waals surface area (Å²) in [6.07, 6.45) is 1.10. The molecule has 6 heteroatoms. The number of amides is 1. The molecule has 3 aromatic rings. The third kappa shape index (κ3) is 4.35. The number of benzene rings is 3. The number of carbonyl (C=O) groups excluding carboxylic acids is 1. The Morgan fingerprint density at radius 3 is 2.30 bits per heavy atom. The summed E-state index contributed by atoms with van der Waals surface area (Å²) in [6.45, 7) is 0.321. The van der Waals surface area contributed by atoms with Crippen molar-refractivity contribution in [2.75, 3.05) is 13.3 Å². The van der Waals surface area contributed by atoms with Gasteiger partial charge >= 0.3 is 0 Å². The van der Waals surface area contributed by atoms with Crippen molar-refractivity contribution < 1.29 is 13.2 Å². The molecule has 0 heterocycles. The number of rotatable bonds is 6. The van der Waals surface area contributed by atoms with E-state index in [9.17, 15) is 13.2 Å². The maximum absolute atomic E-state index is 12.9. The fourth-order valence-electron chi connectivity index (χ4n) is 3.08. The molecular weight excluding hydrogens is 360 g/mol. The molecule has 0 bridgehead atoms. The molecule has 3 aromatic carbocycles. The number of hydrogen-bond donors (Lipinski definition) is 1. The summed E-state index contributed by atoms with van der Waals surface area (Å²) in [5.74, 6) is -0.359. The van der Waals surface area contributed by atoms with Crippen LogP contribution in [0.25, 0.3) is 10.8 Å². The van der Waals surface area contributed by atoms with Gasteiger partial charge in [0.15, 0.2) is 0 Å². The quantitative estimate of drug-likeness (QED) is 0.712. The van der Waals surface area contributed by atoms with Gasteiger partial charge in [0.1, 0.15) is 6.04 Å². The first kappa shape index (κ1) is 19.1. The van der Waals surface area contributed by atoms with Gasteiger partial charge in [-0.25, -0.2) is 8.42 Å². The van der Waals surface area contributed by atoms with Crippen LogP contribution in [0.15, 0.2) is 72.8 Å². The minimum Gasteiger partial charge on any atom is -0.350 e. The lowest BCUT2D eigenvalue weighted by Gasteiger charge is -2.25. The van der Waals surface area contributed by atoms with Crippen LogP contribution < -0.4 is 5.32 Å². The van der Waals surface area contributed by atoms with Crippen LogP contribution in [0.3, 0.4) is 0 Å². The Morgan fingerprint density at radius 2 is 1.59 bits per heavy atom. The van der Waals surface area contributed by atoms with Gasteiger partial charge in [-0.1, -0.05) is 72.8 Å². The average Bonchev–Trinajstić information content (AvgIpc) is 2.66. The third-order valence-corrected chi connectivity index (χ3v) is 5.84. The summed E-state index contributed by atoms with van der Waals surface area (Å²) in [4.78, 5) is 12.9. The monoisotopic (exact) mass is 382 g/mol. The van der Waals surface area contributed by atoms with Crippen molar-refractivity contribution >= 4 is 26.7 Å². The number of sulfonamides is 1. The summed E-state index contributed by atoms with van der Waals surface area (Å²) in [6, 6.07) is 21.9. The molecular formula is C21H22N2O3S. The second-order valence-corrected chi connectivity index (χ2v) is 8.49. The van der Waals surface area contributed by atoms with Crippen molar-refractivity contribution in [3.05, 3.63) is 83.9 Å². The van der Waals surface area contributed by atoms with Crippen LogP contribution in [-0.4, -0.2) is 31.9 Å². The molecule has 0 aliphatic heterocycles. The van der Waals surface area contributed by atoms with Crippen LogP contribution in [0.4, 0.5) is 0 Å². The molecule has 0 fully saturated rings. The van der Waals surface area contributed by atoms with Crippen LogP contribution in [-0.2, 0) is 21.4 Å². The van der Waals surface area contributed by atoms with E-state index in [0.717, 1.165) is 26.9 Å². The van der Waals surface area contributed by atoms with Gasteiger partial charge in [0.25, 0.3) is 0 Å². The molecule has 1 amide bonds. The molecule has 5 nitrogen and oxygen atoms in total. The average molecular weight is 382 g/mol. The van der Waals surface area contributed by atoms with Crippen LogP contribution in [0.2, 0.25) is 0 Å². The first-order valence-corrected chi connectivity index (χ1v) is 10.4. The molecule has 140 valence electrons. The highest BCUT2D eigenvalue weighted by Crippen LogP contribution is 2.23.